The number of aryl methyl sites for hydroxylation is 1. The molecule has 0 aliphatic carbocycles. The molecular weight excluding hydrogens is 216 g/mol. The standard InChI is InChI=1S/C12H22N4O/c1-4-16-10(5-6-13-16)12(17)11-9-14(2)7-8-15(11)3/h5-6,11-12,17H,4,7-9H2,1-3H3. The van der Waals surface area contributed by atoms with E-state index < -0.39 is 6.10 Å². The van der Waals surface area contributed by atoms with Gasteiger partial charge in [-0.25, -0.2) is 0 Å². The van der Waals surface area contributed by atoms with Gasteiger partial charge in [0.25, 0.3) is 0 Å². The second-order valence-corrected chi connectivity index (χ2v) is 4.83. The van der Waals surface area contributed by atoms with E-state index in [4.69, 9.17) is 0 Å². The van der Waals surface area contributed by atoms with E-state index in [1.165, 1.54) is 0 Å². The predicted octanol–water partition coefficient (Wildman–Crippen LogP) is 0.182. The van der Waals surface area contributed by atoms with Gasteiger partial charge in [0.2, 0.25) is 0 Å². The Morgan fingerprint density at radius 3 is 2.94 bits per heavy atom. The Morgan fingerprint density at radius 1 is 1.47 bits per heavy atom. The zero-order chi connectivity index (χ0) is 12.4. The van der Waals surface area contributed by atoms with Crippen LogP contribution in [0.2, 0.25) is 0 Å². The van der Waals surface area contributed by atoms with Crippen LogP contribution in [0, 0.1) is 0 Å². The van der Waals surface area contributed by atoms with E-state index >= 15 is 0 Å². The Kier molecular flexibility index (Phi) is 3.81. The van der Waals surface area contributed by atoms with Gasteiger partial charge in [-0.15, -0.1) is 0 Å². The number of aliphatic hydroxyl groups is 1. The zero-order valence-corrected chi connectivity index (χ0v) is 10.9. The molecule has 0 aromatic carbocycles. The van der Waals surface area contributed by atoms with Crippen LogP contribution in [0.4, 0.5) is 0 Å². The van der Waals surface area contributed by atoms with Gasteiger partial charge in [-0.2, -0.15) is 5.10 Å². The molecule has 0 saturated carbocycles. The van der Waals surface area contributed by atoms with Crippen molar-refractivity contribution in [2.75, 3.05) is 33.7 Å². The monoisotopic (exact) mass is 238 g/mol. The Balaban J connectivity index is 2.15. The number of hydrogen-bond acceptors (Lipinski definition) is 4. The van der Waals surface area contributed by atoms with Crippen LogP contribution in [0.5, 0.6) is 0 Å². The summed E-state index contributed by atoms with van der Waals surface area (Å²) in [5, 5.41) is 14.7. The summed E-state index contributed by atoms with van der Waals surface area (Å²) in [5.41, 5.74) is 0.916. The fraction of sp³-hybridized carbons (Fsp3) is 0.750. The fourth-order valence-corrected chi connectivity index (χ4v) is 2.44. The third-order valence-corrected chi connectivity index (χ3v) is 3.62. The van der Waals surface area contributed by atoms with Gasteiger partial charge in [-0.1, -0.05) is 0 Å². The van der Waals surface area contributed by atoms with Crippen molar-refractivity contribution in [3.63, 3.8) is 0 Å². The first kappa shape index (κ1) is 12.5. The number of nitrogens with zero attached hydrogens (tertiary/aromatic N) is 4. The highest BCUT2D eigenvalue weighted by atomic mass is 16.3. The van der Waals surface area contributed by atoms with Crippen LogP contribution in [0.25, 0.3) is 0 Å². The first-order valence-corrected chi connectivity index (χ1v) is 6.22. The molecule has 1 saturated heterocycles. The third-order valence-electron chi connectivity index (χ3n) is 3.62. The summed E-state index contributed by atoms with van der Waals surface area (Å²) in [5.74, 6) is 0. The molecule has 0 radical (unpaired) electrons. The van der Waals surface area contributed by atoms with Gasteiger partial charge in [0.15, 0.2) is 0 Å². The van der Waals surface area contributed by atoms with Crippen molar-refractivity contribution in [1.82, 2.24) is 19.6 Å². The maximum Gasteiger partial charge on any atom is 0.112 e. The number of aliphatic hydroxyl groups excluding tert-OH is 1. The maximum atomic E-state index is 10.5. The quantitative estimate of drug-likeness (QED) is 0.816. The molecule has 0 bridgehead atoms. The zero-order valence-electron chi connectivity index (χ0n) is 10.9. The minimum absolute atomic E-state index is 0.149. The highest BCUT2D eigenvalue weighted by Gasteiger charge is 2.31. The molecule has 17 heavy (non-hydrogen) atoms. The van der Waals surface area contributed by atoms with E-state index in [1.54, 1.807) is 6.20 Å². The van der Waals surface area contributed by atoms with Gasteiger partial charge < -0.3 is 10.0 Å². The van der Waals surface area contributed by atoms with Crippen molar-refractivity contribution in [1.29, 1.82) is 0 Å². The third kappa shape index (κ3) is 2.51. The average molecular weight is 238 g/mol. The molecule has 5 heteroatoms. The van der Waals surface area contributed by atoms with Gasteiger partial charge in [0.05, 0.1) is 11.7 Å². The maximum absolute atomic E-state index is 10.5. The number of likely N-dealkylation sites (N-methyl/N-ethyl adjacent to an activating group) is 2. The second-order valence-electron chi connectivity index (χ2n) is 4.83. The summed E-state index contributed by atoms with van der Waals surface area (Å²) in [7, 11) is 4.18. The first-order valence-electron chi connectivity index (χ1n) is 6.22. The molecule has 0 spiro atoms. The lowest BCUT2D eigenvalue weighted by Crippen LogP contribution is -2.52. The smallest absolute Gasteiger partial charge is 0.112 e. The van der Waals surface area contributed by atoms with E-state index in [0.717, 1.165) is 31.9 Å². The van der Waals surface area contributed by atoms with Crippen molar-refractivity contribution in [2.24, 2.45) is 0 Å². The van der Waals surface area contributed by atoms with Crippen LogP contribution in [0.3, 0.4) is 0 Å². The van der Waals surface area contributed by atoms with Gasteiger partial charge >= 0.3 is 0 Å². The van der Waals surface area contributed by atoms with Gasteiger partial charge in [-0.05, 0) is 27.1 Å². The summed E-state index contributed by atoms with van der Waals surface area (Å²) in [6.07, 6.45) is 1.29. The molecule has 2 atom stereocenters. The molecule has 1 fully saturated rings. The molecule has 1 aromatic rings. The van der Waals surface area contributed by atoms with Crippen LogP contribution in [0.15, 0.2) is 12.3 Å². The Bertz CT molecular complexity index is 365. The number of aromatic nitrogens is 2. The largest absolute Gasteiger partial charge is 0.385 e. The first-order chi connectivity index (χ1) is 8.13. The SMILES string of the molecule is CCn1nccc1C(O)C1CN(C)CCN1C. The summed E-state index contributed by atoms with van der Waals surface area (Å²) in [4.78, 5) is 4.50. The number of piperazine rings is 1. The second kappa shape index (κ2) is 5.16. The van der Waals surface area contributed by atoms with Crippen molar-refractivity contribution in [3.8, 4) is 0 Å². The van der Waals surface area contributed by atoms with Crippen LogP contribution < -0.4 is 0 Å². The molecule has 2 heterocycles. The van der Waals surface area contributed by atoms with Gasteiger partial charge in [-0.3, -0.25) is 9.58 Å². The van der Waals surface area contributed by atoms with Crippen molar-refractivity contribution < 1.29 is 5.11 Å². The summed E-state index contributed by atoms with van der Waals surface area (Å²) >= 11 is 0. The molecule has 1 aliphatic rings. The lowest BCUT2D eigenvalue weighted by Gasteiger charge is -2.40. The van der Waals surface area contributed by atoms with Crippen LogP contribution in [0.1, 0.15) is 18.7 Å². The van der Waals surface area contributed by atoms with E-state index in [2.05, 4.69) is 29.0 Å². The summed E-state index contributed by atoms with van der Waals surface area (Å²) in [6.45, 7) is 5.80. The highest BCUT2D eigenvalue weighted by molar-refractivity contribution is 5.08. The lowest BCUT2D eigenvalue weighted by molar-refractivity contribution is 0.00957. The minimum atomic E-state index is -0.467. The van der Waals surface area contributed by atoms with E-state index in [0.29, 0.717) is 0 Å². The summed E-state index contributed by atoms with van der Waals surface area (Å²) < 4.78 is 1.87. The van der Waals surface area contributed by atoms with Gasteiger partial charge in [0, 0.05) is 32.4 Å². The molecule has 0 amide bonds. The Morgan fingerprint density at radius 2 is 2.24 bits per heavy atom. The minimum Gasteiger partial charge on any atom is -0.385 e. The molecule has 2 unspecified atom stereocenters. The Labute approximate surface area is 103 Å². The molecule has 1 aliphatic heterocycles. The molecule has 2 rings (SSSR count). The van der Waals surface area contributed by atoms with Crippen LogP contribution in [-0.2, 0) is 6.54 Å². The molecule has 5 nitrogen and oxygen atoms in total. The molecule has 96 valence electrons. The highest BCUT2D eigenvalue weighted by Crippen LogP contribution is 2.22. The van der Waals surface area contributed by atoms with E-state index in [1.807, 2.05) is 17.7 Å². The Hall–Kier alpha value is -0.910. The topological polar surface area (TPSA) is 44.5 Å². The molecular formula is C12H22N4O. The average Bonchev–Trinajstić information content (AvgIpc) is 2.79. The van der Waals surface area contributed by atoms with Crippen molar-refractivity contribution >= 4 is 0 Å². The molecule has 1 aromatic heterocycles. The normalized spacial score (nSPS) is 25.1. The number of rotatable bonds is 3. The van der Waals surface area contributed by atoms with Gasteiger partial charge in [0.1, 0.15) is 6.10 Å². The van der Waals surface area contributed by atoms with Crippen molar-refractivity contribution in [2.45, 2.75) is 25.6 Å². The fourth-order valence-electron chi connectivity index (χ4n) is 2.44. The van der Waals surface area contributed by atoms with Crippen LogP contribution in [-0.4, -0.2) is 64.5 Å². The lowest BCUT2D eigenvalue weighted by atomic mass is 10.0. The van der Waals surface area contributed by atoms with Crippen molar-refractivity contribution in [3.05, 3.63) is 18.0 Å². The number of hydrogen-bond donors (Lipinski definition) is 1. The summed E-state index contributed by atoms with van der Waals surface area (Å²) in [6, 6.07) is 2.06. The van der Waals surface area contributed by atoms with Crippen LogP contribution >= 0.6 is 0 Å². The van der Waals surface area contributed by atoms with E-state index in [9.17, 15) is 5.11 Å². The molecule has 1 N–H and O–H groups in total. The van der Waals surface area contributed by atoms with E-state index in [-0.39, 0.29) is 6.04 Å². The predicted molar refractivity (Wildman–Crippen MR) is 66.8 cm³/mol.